The van der Waals surface area contributed by atoms with E-state index in [1.54, 1.807) is 68.6 Å². The monoisotopic (exact) mass is 601 g/mol. The third kappa shape index (κ3) is 9.63. The first-order valence-electron chi connectivity index (χ1n) is 14.1. The lowest BCUT2D eigenvalue weighted by molar-refractivity contribution is -0.132. The van der Waals surface area contributed by atoms with Gasteiger partial charge in [0, 0.05) is 55.0 Å². The largest absolute Gasteiger partial charge is 0.369 e. The molecule has 13 nitrogen and oxygen atoms in total. The number of anilines is 5. The number of aromatic nitrogens is 2. The molecule has 3 rings (SSSR count). The van der Waals surface area contributed by atoms with Crippen LogP contribution in [0.2, 0.25) is 0 Å². The number of nitrogens with two attached hydrogens (primary N) is 1. The Balaban J connectivity index is 1.69. The molecule has 0 aliphatic carbocycles. The third-order valence-electron chi connectivity index (χ3n) is 6.43. The predicted octanol–water partition coefficient (Wildman–Crippen LogP) is 3.30. The van der Waals surface area contributed by atoms with Crippen molar-refractivity contribution in [2.75, 3.05) is 55.5 Å². The van der Waals surface area contributed by atoms with Crippen molar-refractivity contribution in [1.82, 2.24) is 19.8 Å². The Labute approximate surface area is 256 Å². The molecule has 2 aromatic carbocycles. The Morgan fingerprint density at radius 3 is 2.30 bits per heavy atom. The van der Waals surface area contributed by atoms with Crippen LogP contribution in [0.1, 0.15) is 41.0 Å². The van der Waals surface area contributed by atoms with E-state index >= 15 is 0 Å². The summed E-state index contributed by atoms with van der Waals surface area (Å²) in [5.41, 5.74) is 7.42. The fourth-order valence-corrected chi connectivity index (χ4v) is 3.80. The minimum Gasteiger partial charge on any atom is -0.369 e. The highest BCUT2D eigenvalue weighted by Gasteiger charge is 2.21. The summed E-state index contributed by atoms with van der Waals surface area (Å²) in [5, 5.41) is 11.8. The van der Waals surface area contributed by atoms with E-state index in [1.165, 1.54) is 17.2 Å². The first-order chi connectivity index (χ1) is 21.0. The lowest BCUT2D eigenvalue weighted by atomic mass is 10.2. The van der Waals surface area contributed by atoms with Gasteiger partial charge >= 0.3 is 0 Å². The number of primary amides is 1. The highest BCUT2D eigenvalue weighted by atomic mass is 16.2. The summed E-state index contributed by atoms with van der Waals surface area (Å²) in [5.74, 6) is -1.05. The van der Waals surface area contributed by atoms with Gasteiger partial charge in [0.05, 0.1) is 0 Å². The zero-order valence-electron chi connectivity index (χ0n) is 25.5. The molecule has 1 unspecified atom stereocenters. The van der Waals surface area contributed by atoms with Crippen LogP contribution < -0.4 is 27.0 Å². The number of amides is 4. The molecule has 13 heteroatoms. The molecule has 3 aromatic rings. The van der Waals surface area contributed by atoms with Gasteiger partial charge in [-0.3, -0.25) is 19.2 Å². The van der Waals surface area contributed by atoms with Gasteiger partial charge in [-0.05, 0) is 69.9 Å². The summed E-state index contributed by atoms with van der Waals surface area (Å²) in [6.07, 6.45) is 5.39. The van der Waals surface area contributed by atoms with E-state index in [0.29, 0.717) is 41.5 Å². The number of nitrogens with one attached hydrogen (secondary N) is 4. The van der Waals surface area contributed by atoms with Crippen molar-refractivity contribution in [3.63, 3.8) is 0 Å². The highest BCUT2D eigenvalue weighted by molar-refractivity contribution is 6.08. The maximum atomic E-state index is 13.3. The van der Waals surface area contributed by atoms with Gasteiger partial charge in [-0.1, -0.05) is 19.1 Å². The van der Waals surface area contributed by atoms with Crippen LogP contribution >= 0.6 is 0 Å². The lowest BCUT2D eigenvalue weighted by Gasteiger charge is -2.23. The van der Waals surface area contributed by atoms with Crippen LogP contribution in [0.4, 0.5) is 28.8 Å². The van der Waals surface area contributed by atoms with Crippen LogP contribution in [-0.2, 0) is 9.59 Å². The van der Waals surface area contributed by atoms with Gasteiger partial charge in [-0.2, -0.15) is 4.98 Å². The lowest BCUT2D eigenvalue weighted by Crippen LogP contribution is -2.42. The molecule has 1 aromatic heterocycles. The van der Waals surface area contributed by atoms with E-state index < -0.39 is 17.9 Å². The molecule has 0 bridgehead atoms. The van der Waals surface area contributed by atoms with Crippen LogP contribution in [-0.4, -0.2) is 83.7 Å². The molecule has 232 valence electrons. The quantitative estimate of drug-likeness (QED) is 0.174. The van der Waals surface area contributed by atoms with Gasteiger partial charge in [-0.25, -0.2) is 4.98 Å². The molecular formula is C31H39N9O4. The standard InChI is InChI=1S/C31H39N9O4/c1-6-16-33-28-25(19-34-31(38-28)37-22-14-12-21(13-15-22)27(32)42)30(44)36-24-10-7-9-23(18-24)35-29(43)20(2)40(5)26(41)11-8-17-39(3)4/h7-15,18-20H,6,16-17H2,1-5H3,(H2,32,42)(H,35,43)(H,36,44)(H2,33,34,37,38). The Morgan fingerprint density at radius 2 is 1.66 bits per heavy atom. The van der Waals surface area contributed by atoms with Crippen LogP contribution in [0.3, 0.4) is 0 Å². The number of likely N-dealkylation sites (N-methyl/N-ethyl adjacent to an activating group) is 2. The minimum absolute atomic E-state index is 0.221. The first kappa shape index (κ1) is 33.2. The second-order valence-corrected chi connectivity index (χ2v) is 10.3. The Bertz CT molecular complexity index is 1510. The second-order valence-electron chi connectivity index (χ2n) is 10.3. The Kier molecular flexibility index (Phi) is 11.9. The molecule has 1 atom stereocenters. The highest BCUT2D eigenvalue weighted by Crippen LogP contribution is 2.21. The first-order valence-corrected chi connectivity index (χ1v) is 14.1. The van der Waals surface area contributed by atoms with E-state index in [0.717, 1.165) is 6.42 Å². The second kappa shape index (κ2) is 15.8. The number of nitrogens with zero attached hydrogens (tertiary/aromatic N) is 4. The molecule has 0 aliphatic rings. The molecule has 44 heavy (non-hydrogen) atoms. The van der Waals surface area contributed by atoms with E-state index in [2.05, 4.69) is 31.2 Å². The van der Waals surface area contributed by atoms with Gasteiger partial charge in [0.15, 0.2) is 0 Å². The Hall–Kier alpha value is -5.30. The molecule has 4 amide bonds. The maximum Gasteiger partial charge on any atom is 0.260 e. The normalized spacial score (nSPS) is 11.6. The van der Waals surface area contributed by atoms with E-state index in [1.807, 2.05) is 25.9 Å². The average molecular weight is 602 g/mol. The van der Waals surface area contributed by atoms with E-state index in [4.69, 9.17) is 5.73 Å². The number of carbonyl (C=O) groups excluding carboxylic acids is 4. The van der Waals surface area contributed by atoms with Crippen molar-refractivity contribution in [1.29, 1.82) is 0 Å². The van der Waals surface area contributed by atoms with Crippen LogP contribution in [0.5, 0.6) is 0 Å². The number of rotatable bonds is 14. The van der Waals surface area contributed by atoms with Gasteiger partial charge in [0.25, 0.3) is 5.91 Å². The number of hydrogen-bond acceptors (Lipinski definition) is 9. The smallest absolute Gasteiger partial charge is 0.260 e. The molecule has 0 spiro atoms. The summed E-state index contributed by atoms with van der Waals surface area (Å²) in [6, 6.07) is 12.5. The summed E-state index contributed by atoms with van der Waals surface area (Å²) < 4.78 is 0. The summed E-state index contributed by atoms with van der Waals surface area (Å²) in [7, 11) is 5.36. The van der Waals surface area contributed by atoms with Crippen molar-refractivity contribution >= 4 is 52.5 Å². The molecule has 0 aliphatic heterocycles. The molecule has 1 heterocycles. The topological polar surface area (TPSA) is 175 Å². The van der Waals surface area contributed by atoms with Crippen molar-refractivity contribution in [3.8, 4) is 0 Å². The van der Waals surface area contributed by atoms with Gasteiger partial charge in [0.1, 0.15) is 17.4 Å². The Morgan fingerprint density at radius 1 is 0.977 bits per heavy atom. The third-order valence-corrected chi connectivity index (χ3v) is 6.43. The van der Waals surface area contributed by atoms with E-state index in [-0.39, 0.29) is 23.3 Å². The van der Waals surface area contributed by atoms with Crippen molar-refractivity contribution < 1.29 is 19.2 Å². The van der Waals surface area contributed by atoms with Crippen molar-refractivity contribution in [3.05, 3.63) is 78.0 Å². The molecular weight excluding hydrogens is 562 g/mol. The van der Waals surface area contributed by atoms with E-state index in [9.17, 15) is 19.2 Å². The molecule has 6 N–H and O–H groups in total. The van der Waals surface area contributed by atoms with Crippen molar-refractivity contribution in [2.24, 2.45) is 5.73 Å². The van der Waals surface area contributed by atoms with Gasteiger partial charge < -0.3 is 36.8 Å². The summed E-state index contributed by atoms with van der Waals surface area (Å²) >= 11 is 0. The minimum atomic E-state index is -0.734. The fourth-order valence-electron chi connectivity index (χ4n) is 3.80. The maximum absolute atomic E-state index is 13.3. The zero-order chi connectivity index (χ0) is 32.2. The number of benzene rings is 2. The molecule has 0 saturated heterocycles. The summed E-state index contributed by atoms with van der Waals surface area (Å²) in [6.45, 7) is 4.81. The number of carbonyl (C=O) groups is 4. The van der Waals surface area contributed by atoms with Crippen LogP contribution in [0.15, 0.2) is 66.9 Å². The average Bonchev–Trinajstić information content (AvgIpc) is 2.99. The fraction of sp³-hybridized carbons (Fsp3) is 0.290. The van der Waals surface area contributed by atoms with Crippen LogP contribution in [0, 0.1) is 0 Å². The van der Waals surface area contributed by atoms with Gasteiger partial charge in [-0.15, -0.1) is 0 Å². The molecule has 0 saturated carbocycles. The molecule has 0 fully saturated rings. The molecule has 0 radical (unpaired) electrons. The van der Waals surface area contributed by atoms with Gasteiger partial charge in [0.2, 0.25) is 23.7 Å². The SMILES string of the molecule is CCCNc1nc(Nc2ccc(C(N)=O)cc2)ncc1C(=O)Nc1cccc(NC(=O)C(C)N(C)C(=O)C=CCN(C)C)c1. The zero-order valence-corrected chi connectivity index (χ0v) is 25.5. The number of hydrogen-bond donors (Lipinski definition) is 5. The van der Waals surface area contributed by atoms with Crippen molar-refractivity contribution in [2.45, 2.75) is 26.3 Å². The van der Waals surface area contributed by atoms with Crippen LogP contribution in [0.25, 0.3) is 0 Å². The summed E-state index contributed by atoms with van der Waals surface area (Å²) in [4.78, 5) is 61.9. The predicted molar refractivity (Wildman–Crippen MR) is 172 cm³/mol.